The van der Waals surface area contributed by atoms with E-state index in [1.54, 1.807) is 24.7 Å². The van der Waals surface area contributed by atoms with Crippen LogP contribution in [0.4, 0.5) is 5.69 Å². The molecule has 0 aliphatic carbocycles. The Morgan fingerprint density at radius 3 is 3.07 bits per heavy atom. The van der Waals surface area contributed by atoms with Crippen LogP contribution < -0.4 is 5.32 Å². The lowest BCUT2D eigenvalue weighted by Crippen LogP contribution is -1.98. The first-order valence-electron chi connectivity index (χ1n) is 4.22. The van der Waals surface area contributed by atoms with Gasteiger partial charge in [0, 0.05) is 6.20 Å². The summed E-state index contributed by atoms with van der Waals surface area (Å²) in [6, 6.07) is 5.49. The fourth-order valence-corrected chi connectivity index (χ4v) is 1.28. The lowest BCUT2D eigenvalue weighted by Gasteiger charge is -2.04. The summed E-state index contributed by atoms with van der Waals surface area (Å²) >= 11 is 5.93. The molecule has 0 unspecified atom stereocenters. The smallest absolute Gasteiger partial charge is 0.122 e. The molecule has 0 aliphatic rings. The van der Waals surface area contributed by atoms with Gasteiger partial charge in [-0.1, -0.05) is 11.6 Å². The summed E-state index contributed by atoms with van der Waals surface area (Å²) in [6.45, 7) is 0.610. The van der Waals surface area contributed by atoms with Gasteiger partial charge in [-0.25, -0.2) is 0 Å². The lowest BCUT2D eigenvalue weighted by atomic mass is 10.4. The molecule has 0 spiro atoms. The Morgan fingerprint density at radius 2 is 2.36 bits per heavy atom. The van der Waals surface area contributed by atoms with Crippen LogP contribution in [0.15, 0.2) is 41.3 Å². The minimum Gasteiger partial charge on any atom is -0.467 e. The molecule has 0 atom stereocenters. The molecule has 0 aliphatic heterocycles. The number of rotatable bonds is 3. The fourth-order valence-electron chi connectivity index (χ4n) is 1.10. The average Bonchev–Trinajstić information content (AvgIpc) is 2.69. The normalized spacial score (nSPS) is 10.1. The van der Waals surface area contributed by atoms with Crippen molar-refractivity contribution in [3.8, 4) is 0 Å². The summed E-state index contributed by atoms with van der Waals surface area (Å²) in [5.41, 5.74) is 0.811. The highest BCUT2D eigenvalue weighted by atomic mass is 35.5. The first kappa shape index (κ1) is 9.09. The zero-order valence-electron chi connectivity index (χ0n) is 7.40. The number of nitrogens with zero attached hydrogens (tertiary/aromatic N) is 1. The van der Waals surface area contributed by atoms with Crippen molar-refractivity contribution in [2.75, 3.05) is 5.32 Å². The number of pyridine rings is 1. The Bertz CT molecular complexity index is 400. The highest BCUT2D eigenvalue weighted by molar-refractivity contribution is 6.33. The molecule has 0 saturated heterocycles. The van der Waals surface area contributed by atoms with Crippen LogP contribution in [-0.4, -0.2) is 4.98 Å². The molecule has 14 heavy (non-hydrogen) atoms. The quantitative estimate of drug-likeness (QED) is 0.843. The average molecular weight is 209 g/mol. The van der Waals surface area contributed by atoms with Crippen LogP contribution >= 0.6 is 11.6 Å². The molecule has 0 bridgehead atoms. The standard InChI is InChI=1S/C10H9ClN2O/c11-9-3-4-12-7-10(9)13-6-8-2-1-5-14-8/h1-5,7,13H,6H2. The summed E-state index contributed by atoms with van der Waals surface area (Å²) in [4.78, 5) is 3.97. The first-order chi connectivity index (χ1) is 6.86. The zero-order chi connectivity index (χ0) is 9.80. The van der Waals surface area contributed by atoms with Crippen molar-refractivity contribution in [2.24, 2.45) is 0 Å². The minimum absolute atomic E-state index is 0.610. The molecule has 0 radical (unpaired) electrons. The van der Waals surface area contributed by atoms with Crippen molar-refractivity contribution in [1.29, 1.82) is 0 Å². The van der Waals surface area contributed by atoms with Crippen molar-refractivity contribution in [2.45, 2.75) is 6.54 Å². The third-order valence-corrected chi connectivity index (χ3v) is 2.13. The number of aromatic nitrogens is 1. The molecule has 0 amide bonds. The Kier molecular flexibility index (Phi) is 2.70. The summed E-state index contributed by atoms with van der Waals surface area (Å²) in [6.07, 6.45) is 4.98. The lowest BCUT2D eigenvalue weighted by molar-refractivity contribution is 0.518. The molecular weight excluding hydrogens is 200 g/mol. The molecule has 3 nitrogen and oxygen atoms in total. The van der Waals surface area contributed by atoms with E-state index in [2.05, 4.69) is 10.3 Å². The second-order valence-corrected chi connectivity index (χ2v) is 3.20. The highest BCUT2D eigenvalue weighted by Gasteiger charge is 1.99. The number of hydrogen-bond acceptors (Lipinski definition) is 3. The number of halogens is 1. The van der Waals surface area contributed by atoms with Crippen molar-refractivity contribution in [3.05, 3.63) is 47.6 Å². The van der Waals surface area contributed by atoms with E-state index in [1.807, 2.05) is 12.1 Å². The summed E-state index contributed by atoms with van der Waals surface area (Å²) in [5.74, 6) is 0.866. The van der Waals surface area contributed by atoms with E-state index >= 15 is 0 Å². The molecule has 2 heterocycles. The van der Waals surface area contributed by atoms with E-state index in [-0.39, 0.29) is 0 Å². The largest absolute Gasteiger partial charge is 0.467 e. The second kappa shape index (κ2) is 4.15. The molecular formula is C10H9ClN2O. The van der Waals surface area contributed by atoms with Crippen LogP contribution in [0.5, 0.6) is 0 Å². The maximum atomic E-state index is 5.93. The highest BCUT2D eigenvalue weighted by Crippen LogP contribution is 2.19. The van der Waals surface area contributed by atoms with Gasteiger partial charge in [-0.2, -0.15) is 0 Å². The van der Waals surface area contributed by atoms with Gasteiger partial charge in [0.2, 0.25) is 0 Å². The number of anilines is 1. The van der Waals surface area contributed by atoms with E-state index in [4.69, 9.17) is 16.0 Å². The molecule has 72 valence electrons. The topological polar surface area (TPSA) is 38.1 Å². The molecule has 0 saturated carbocycles. The van der Waals surface area contributed by atoms with E-state index in [0.29, 0.717) is 11.6 Å². The SMILES string of the molecule is Clc1ccncc1NCc1ccco1. The van der Waals surface area contributed by atoms with Gasteiger partial charge < -0.3 is 9.73 Å². The van der Waals surface area contributed by atoms with Crippen LogP contribution in [0.25, 0.3) is 0 Å². The maximum Gasteiger partial charge on any atom is 0.122 e. The van der Waals surface area contributed by atoms with Gasteiger partial charge in [0.05, 0.1) is 29.7 Å². The first-order valence-corrected chi connectivity index (χ1v) is 4.60. The van der Waals surface area contributed by atoms with Gasteiger partial charge in [0.25, 0.3) is 0 Å². The van der Waals surface area contributed by atoms with Crippen molar-refractivity contribution in [3.63, 3.8) is 0 Å². The molecule has 2 aromatic rings. The third-order valence-electron chi connectivity index (χ3n) is 1.80. The van der Waals surface area contributed by atoms with Gasteiger partial charge in [0.1, 0.15) is 5.76 Å². The summed E-state index contributed by atoms with van der Waals surface area (Å²) in [5, 5.41) is 3.79. The maximum absolute atomic E-state index is 5.93. The van der Waals surface area contributed by atoms with Gasteiger partial charge in [0.15, 0.2) is 0 Å². The van der Waals surface area contributed by atoms with E-state index in [0.717, 1.165) is 11.4 Å². The molecule has 1 N–H and O–H groups in total. The van der Waals surface area contributed by atoms with Crippen LogP contribution in [0.3, 0.4) is 0 Å². The van der Waals surface area contributed by atoms with Gasteiger partial charge in [-0.3, -0.25) is 4.98 Å². The van der Waals surface area contributed by atoms with Gasteiger partial charge >= 0.3 is 0 Å². The van der Waals surface area contributed by atoms with Gasteiger partial charge in [-0.05, 0) is 18.2 Å². The molecule has 4 heteroatoms. The zero-order valence-corrected chi connectivity index (χ0v) is 8.16. The number of furan rings is 1. The molecule has 0 aromatic carbocycles. The Morgan fingerprint density at radius 1 is 1.43 bits per heavy atom. The van der Waals surface area contributed by atoms with Crippen LogP contribution in [0, 0.1) is 0 Å². The Balaban J connectivity index is 2.02. The Hall–Kier alpha value is -1.48. The Labute approximate surface area is 86.7 Å². The number of hydrogen-bond donors (Lipinski definition) is 1. The van der Waals surface area contributed by atoms with Crippen LogP contribution in [0.1, 0.15) is 5.76 Å². The van der Waals surface area contributed by atoms with Gasteiger partial charge in [-0.15, -0.1) is 0 Å². The van der Waals surface area contributed by atoms with Crippen molar-refractivity contribution < 1.29 is 4.42 Å². The van der Waals surface area contributed by atoms with E-state index in [9.17, 15) is 0 Å². The molecule has 2 aromatic heterocycles. The number of nitrogens with one attached hydrogen (secondary N) is 1. The predicted octanol–water partition coefficient (Wildman–Crippen LogP) is 2.94. The van der Waals surface area contributed by atoms with Crippen LogP contribution in [0.2, 0.25) is 5.02 Å². The summed E-state index contributed by atoms with van der Waals surface area (Å²) in [7, 11) is 0. The van der Waals surface area contributed by atoms with E-state index in [1.165, 1.54) is 0 Å². The fraction of sp³-hybridized carbons (Fsp3) is 0.100. The van der Waals surface area contributed by atoms with Crippen LogP contribution in [-0.2, 0) is 6.54 Å². The van der Waals surface area contributed by atoms with Crippen molar-refractivity contribution >= 4 is 17.3 Å². The van der Waals surface area contributed by atoms with Crippen molar-refractivity contribution in [1.82, 2.24) is 4.98 Å². The monoisotopic (exact) mass is 208 g/mol. The third kappa shape index (κ3) is 2.06. The van der Waals surface area contributed by atoms with E-state index < -0.39 is 0 Å². The molecule has 0 fully saturated rings. The predicted molar refractivity (Wildman–Crippen MR) is 55.3 cm³/mol. The summed E-state index contributed by atoms with van der Waals surface area (Å²) < 4.78 is 5.17. The second-order valence-electron chi connectivity index (χ2n) is 2.79. The molecule has 2 rings (SSSR count). The minimum atomic E-state index is 0.610.